The van der Waals surface area contributed by atoms with E-state index in [1.807, 2.05) is 68.3 Å². The van der Waals surface area contributed by atoms with Crippen LogP contribution in [0.2, 0.25) is 5.02 Å². The maximum atomic E-state index is 12.4. The summed E-state index contributed by atoms with van der Waals surface area (Å²) in [5, 5.41) is 3.67. The summed E-state index contributed by atoms with van der Waals surface area (Å²) in [5.41, 5.74) is 3.00. The SMILES string of the molecule is Cc1ccc(NC(=O)C(C)N(C)Cc2cccc(Cl)c2)c(Br)c1. The molecule has 0 bridgehead atoms. The highest BCUT2D eigenvalue weighted by molar-refractivity contribution is 9.10. The number of amides is 1. The third kappa shape index (κ3) is 5.06. The largest absolute Gasteiger partial charge is 0.324 e. The van der Waals surface area contributed by atoms with Gasteiger partial charge in [-0.1, -0.05) is 29.8 Å². The predicted molar refractivity (Wildman–Crippen MR) is 99.9 cm³/mol. The van der Waals surface area contributed by atoms with Crippen molar-refractivity contribution in [2.75, 3.05) is 12.4 Å². The minimum absolute atomic E-state index is 0.0425. The monoisotopic (exact) mass is 394 g/mol. The van der Waals surface area contributed by atoms with E-state index >= 15 is 0 Å². The first-order valence-corrected chi connectivity index (χ1v) is 8.55. The van der Waals surface area contributed by atoms with E-state index in [1.165, 1.54) is 0 Å². The highest BCUT2D eigenvalue weighted by atomic mass is 79.9. The molecule has 0 saturated carbocycles. The fourth-order valence-corrected chi connectivity index (χ4v) is 3.02. The summed E-state index contributed by atoms with van der Waals surface area (Å²) in [6.07, 6.45) is 0. The van der Waals surface area contributed by atoms with Crippen molar-refractivity contribution < 1.29 is 4.79 Å². The Morgan fingerprint density at radius 3 is 2.70 bits per heavy atom. The summed E-state index contributed by atoms with van der Waals surface area (Å²) < 4.78 is 0.885. The van der Waals surface area contributed by atoms with Crippen LogP contribution in [0.5, 0.6) is 0 Å². The van der Waals surface area contributed by atoms with Crippen LogP contribution in [0.15, 0.2) is 46.9 Å². The van der Waals surface area contributed by atoms with Gasteiger partial charge in [0.1, 0.15) is 0 Å². The van der Waals surface area contributed by atoms with Crippen LogP contribution in [0.1, 0.15) is 18.1 Å². The minimum Gasteiger partial charge on any atom is -0.324 e. The third-order valence-electron chi connectivity index (χ3n) is 3.74. The standard InChI is InChI=1S/C18H20BrClN2O/c1-12-7-8-17(16(19)9-12)21-18(23)13(2)22(3)11-14-5-4-6-15(20)10-14/h4-10,13H,11H2,1-3H3,(H,21,23). The number of carbonyl (C=O) groups is 1. The Kier molecular flexibility index (Phi) is 6.22. The average Bonchev–Trinajstić information content (AvgIpc) is 2.49. The zero-order valence-corrected chi connectivity index (χ0v) is 15.8. The van der Waals surface area contributed by atoms with Crippen molar-refractivity contribution in [2.24, 2.45) is 0 Å². The molecule has 0 saturated heterocycles. The Balaban J connectivity index is 2.01. The van der Waals surface area contributed by atoms with E-state index < -0.39 is 0 Å². The number of hydrogen-bond donors (Lipinski definition) is 1. The second-order valence-corrected chi connectivity index (χ2v) is 6.98. The van der Waals surface area contributed by atoms with E-state index in [0.29, 0.717) is 11.6 Å². The van der Waals surface area contributed by atoms with Gasteiger partial charge in [0.05, 0.1) is 11.7 Å². The molecule has 0 aliphatic rings. The van der Waals surface area contributed by atoms with Gasteiger partial charge >= 0.3 is 0 Å². The molecule has 1 atom stereocenters. The van der Waals surface area contributed by atoms with E-state index in [-0.39, 0.29) is 11.9 Å². The van der Waals surface area contributed by atoms with E-state index in [9.17, 15) is 4.79 Å². The highest BCUT2D eigenvalue weighted by Gasteiger charge is 2.19. The summed E-state index contributed by atoms with van der Waals surface area (Å²) >= 11 is 9.49. The Hall–Kier alpha value is -1.36. The van der Waals surface area contributed by atoms with Crippen molar-refractivity contribution in [3.05, 3.63) is 63.1 Å². The summed E-state index contributed by atoms with van der Waals surface area (Å²) in [4.78, 5) is 14.4. The third-order valence-corrected chi connectivity index (χ3v) is 4.64. The lowest BCUT2D eigenvalue weighted by atomic mass is 10.1. The number of halogens is 2. The molecule has 122 valence electrons. The molecule has 0 radical (unpaired) electrons. The topological polar surface area (TPSA) is 32.3 Å². The first-order chi connectivity index (χ1) is 10.9. The normalized spacial score (nSPS) is 12.3. The van der Waals surface area contributed by atoms with Gasteiger partial charge in [0.2, 0.25) is 5.91 Å². The molecule has 0 spiro atoms. The summed E-state index contributed by atoms with van der Waals surface area (Å²) in [6, 6.07) is 13.3. The molecule has 1 N–H and O–H groups in total. The van der Waals surface area contributed by atoms with Crippen molar-refractivity contribution in [1.29, 1.82) is 0 Å². The second kappa shape index (κ2) is 7.95. The lowest BCUT2D eigenvalue weighted by Gasteiger charge is -2.24. The first kappa shape index (κ1) is 18.0. The molecule has 1 amide bonds. The molecule has 0 aromatic heterocycles. The number of nitrogens with one attached hydrogen (secondary N) is 1. The number of hydrogen-bond acceptors (Lipinski definition) is 2. The Labute approximate surface area is 150 Å². The minimum atomic E-state index is -0.262. The predicted octanol–water partition coefficient (Wildman–Crippen LogP) is 4.87. The molecular formula is C18H20BrClN2O. The Morgan fingerprint density at radius 2 is 2.04 bits per heavy atom. The van der Waals surface area contributed by atoms with Crippen LogP contribution in [0.25, 0.3) is 0 Å². The molecule has 23 heavy (non-hydrogen) atoms. The summed E-state index contributed by atoms with van der Waals surface area (Å²) in [6.45, 7) is 4.56. The molecule has 3 nitrogen and oxygen atoms in total. The molecule has 2 aromatic carbocycles. The van der Waals surface area contributed by atoms with E-state index in [0.717, 1.165) is 21.3 Å². The number of aryl methyl sites for hydroxylation is 1. The second-order valence-electron chi connectivity index (χ2n) is 5.69. The Morgan fingerprint density at radius 1 is 1.30 bits per heavy atom. The number of anilines is 1. The van der Waals surface area contributed by atoms with Crippen LogP contribution < -0.4 is 5.32 Å². The van der Waals surface area contributed by atoms with Crippen molar-refractivity contribution in [3.63, 3.8) is 0 Å². The maximum Gasteiger partial charge on any atom is 0.241 e. The fourth-order valence-electron chi connectivity index (χ4n) is 2.22. The van der Waals surface area contributed by atoms with Gasteiger partial charge in [-0.15, -0.1) is 0 Å². The van der Waals surface area contributed by atoms with Gasteiger partial charge in [-0.05, 0) is 72.2 Å². The summed E-state index contributed by atoms with van der Waals surface area (Å²) in [7, 11) is 1.93. The van der Waals surface area contributed by atoms with Crippen molar-refractivity contribution in [3.8, 4) is 0 Å². The average molecular weight is 396 g/mol. The molecule has 0 aliphatic carbocycles. The molecule has 5 heteroatoms. The van der Waals surface area contributed by atoms with E-state index in [2.05, 4.69) is 21.2 Å². The quantitative estimate of drug-likeness (QED) is 0.783. The first-order valence-electron chi connectivity index (χ1n) is 7.38. The maximum absolute atomic E-state index is 12.4. The smallest absolute Gasteiger partial charge is 0.241 e. The van der Waals surface area contributed by atoms with Crippen LogP contribution in [0.3, 0.4) is 0 Å². The van der Waals surface area contributed by atoms with Crippen molar-refractivity contribution in [1.82, 2.24) is 4.90 Å². The molecule has 2 aromatic rings. The number of rotatable bonds is 5. The van der Waals surface area contributed by atoms with Crippen LogP contribution >= 0.6 is 27.5 Å². The molecule has 1 unspecified atom stereocenters. The number of benzene rings is 2. The van der Waals surface area contributed by atoms with Crippen LogP contribution in [0.4, 0.5) is 5.69 Å². The van der Waals surface area contributed by atoms with Gasteiger partial charge in [0.25, 0.3) is 0 Å². The zero-order valence-electron chi connectivity index (χ0n) is 13.4. The van der Waals surface area contributed by atoms with Crippen LogP contribution in [-0.4, -0.2) is 23.9 Å². The molecule has 0 fully saturated rings. The van der Waals surface area contributed by atoms with Gasteiger partial charge in [-0.3, -0.25) is 9.69 Å². The van der Waals surface area contributed by atoms with Crippen LogP contribution in [-0.2, 0) is 11.3 Å². The lowest BCUT2D eigenvalue weighted by molar-refractivity contribution is -0.120. The number of nitrogens with zero attached hydrogens (tertiary/aromatic N) is 1. The van der Waals surface area contributed by atoms with Gasteiger partial charge in [-0.2, -0.15) is 0 Å². The molecule has 2 rings (SSSR count). The van der Waals surface area contributed by atoms with Gasteiger partial charge in [0.15, 0.2) is 0 Å². The Bertz CT molecular complexity index is 705. The number of carbonyl (C=O) groups excluding carboxylic acids is 1. The van der Waals surface area contributed by atoms with Gasteiger partial charge < -0.3 is 5.32 Å². The van der Waals surface area contributed by atoms with Crippen LogP contribution in [0, 0.1) is 6.92 Å². The number of likely N-dealkylation sites (N-methyl/N-ethyl adjacent to an activating group) is 1. The van der Waals surface area contributed by atoms with E-state index in [4.69, 9.17) is 11.6 Å². The van der Waals surface area contributed by atoms with Gasteiger partial charge in [-0.25, -0.2) is 0 Å². The molecule has 0 heterocycles. The fraction of sp³-hybridized carbons (Fsp3) is 0.278. The highest BCUT2D eigenvalue weighted by Crippen LogP contribution is 2.24. The zero-order chi connectivity index (χ0) is 17.0. The van der Waals surface area contributed by atoms with E-state index in [1.54, 1.807) is 0 Å². The van der Waals surface area contributed by atoms with Crippen molar-refractivity contribution >= 4 is 39.1 Å². The van der Waals surface area contributed by atoms with Crippen molar-refractivity contribution in [2.45, 2.75) is 26.4 Å². The summed E-state index contributed by atoms with van der Waals surface area (Å²) in [5.74, 6) is -0.0425. The van der Waals surface area contributed by atoms with Gasteiger partial charge in [0, 0.05) is 16.0 Å². The molecular weight excluding hydrogens is 376 g/mol. The molecule has 0 aliphatic heterocycles. The lowest BCUT2D eigenvalue weighted by Crippen LogP contribution is -2.39.